The van der Waals surface area contributed by atoms with Gasteiger partial charge in [0.15, 0.2) is 0 Å². The van der Waals surface area contributed by atoms with Crippen molar-refractivity contribution in [1.82, 2.24) is 0 Å². The van der Waals surface area contributed by atoms with Crippen LogP contribution in [-0.2, 0) is 0 Å². The van der Waals surface area contributed by atoms with Gasteiger partial charge in [-0.2, -0.15) is 0 Å². The van der Waals surface area contributed by atoms with Crippen molar-refractivity contribution in [3.63, 3.8) is 0 Å². The van der Waals surface area contributed by atoms with Gasteiger partial charge in [0.25, 0.3) is 0 Å². The van der Waals surface area contributed by atoms with Crippen LogP contribution in [0.3, 0.4) is 0 Å². The summed E-state index contributed by atoms with van der Waals surface area (Å²) in [6.07, 6.45) is 5.91. The van der Waals surface area contributed by atoms with Gasteiger partial charge in [0.2, 0.25) is 0 Å². The maximum absolute atomic E-state index is 3.79. The normalized spacial score (nSPS) is 21.8. The van der Waals surface area contributed by atoms with E-state index in [1.165, 1.54) is 29.8 Å². The first-order chi connectivity index (χ1) is 8.63. The number of rotatable bonds is 5. The van der Waals surface area contributed by atoms with Gasteiger partial charge in [0.1, 0.15) is 0 Å². The molecule has 98 valence electrons. The highest BCUT2D eigenvalue weighted by molar-refractivity contribution is 7.99. The zero-order chi connectivity index (χ0) is 13.0. The highest BCUT2D eigenvalue weighted by atomic mass is 32.2. The molecular formula is C16H23NS. The van der Waals surface area contributed by atoms with E-state index in [0.717, 1.165) is 5.75 Å². The molecule has 0 aliphatic heterocycles. The lowest BCUT2D eigenvalue weighted by molar-refractivity contribution is 0.349. The van der Waals surface area contributed by atoms with E-state index in [0.29, 0.717) is 11.5 Å². The van der Waals surface area contributed by atoms with Crippen LogP contribution in [0.2, 0.25) is 0 Å². The SMILES string of the molecule is C=CCSc1ccccc1NC1CCCC1(C)C. The fourth-order valence-electron chi connectivity index (χ4n) is 2.64. The average molecular weight is 261 g/mol. The van der Waals surface area contributed by atoms with Crippen molar-refractivity contribution in [2.45, 2.75) is 44.0 Å². The summed E-state index contributed by atoms with van der Waals surface area (Å²) in [7, 11) is 0. The number of thioether (sulfide) groups is 1. The van der Waals surface area contributed by atoms with Crippen molar-refractivity contribution >= 4 is 17.4 Å². The Morgan fingerprint density at radius 3 is 2.89 bits per heavy atom. The first kappa shape index (κ1) is 13.5. The van der Waals surface area contributed by atoms with E-state index < -0.39 is 0 Å². The van der Waals surface area contributed by atoms with E-state index in [9.17, 15) is 0 Å². The summed E-state index contributed by atoms with van der Waals surface area (Å²) in [5.41, 5.74) is 1.69. The summed E-state index contributed by atoms with van der Waals surface area (Å²) in [6.45, 7) is 8.53. The topological polar surface area (TPSA) is 12.0 Å². The molecule has 1 aliphatic rings. The number of nitrogens with one attached hydrogen (secondary N) is 1. The molecule has 0 aromatic heterocycles. The number of hydrogen-bond donors (Lipinski definition) is 1. The number of benzene rings is 1. The van der Waals surface area contributed by atoms with Gasteiger partial charge in [-0.15, -0.1) is 18.3 Å². The molecule has 0 bridgehead atoms. The molecule has 1 fully saturated rings. The Hall–Kier alpha value is -0.890. The predicted octanol–water partition coefficient (Wildman–Crippen LogP) is 4.96. The second-order valence-electron chi connectivity index (χ2n) is 5.67. The van der Waals surface area contributed by atoms with Crippen LogP contribution in [0, 0.1) is 5.41 Å². The third-order valence-electron chi connectivity index (χ3n) is 3.83. The lowest BCUT2D eigenvalue weighted by Crippen LogP contribution is -2.30. The summed E-state index contributed by atoms with van der Waals surface area (Å²) >= 11 is 1.85. The first-order valence-electron chi connectivity index (χ1n) is 6.73. The van der Waals surface area contributed by atoms with Gasteiger partial charge in [-0.1, -0.05) is 38.5 Å². The van der Waals surface area contributed by atoms with Crippen molar-refractivity contribution in [3.8, 4) is 0 Å². The molecule has 0 saturated heterocycles. The van der Waals surface area contributed by atoms with Gasteiger partial charge in [-0.3, -0.25) is 0 Å². The second-order valence-corrected chi connectivity index (χ2v) is 6.74. The highest BCUT2D eigenvalue weighted by Crippen LogP contribution is 2.40. The van der Waals surface area contributed by atoms with Crippen LogP contribution in [0.15, 0.2) is 41.8 Å². The maximum atomic E-state index is 3.79. The van der Waals surface area contributed by atoms with Crippen LogP contribution in [0.4, 0.5) is 5.69 Å². The Kier molecular flexibility index (Phi) is 4.39. The van der Waals surface area contributed by atoms with Crippen LogP contribution in [0.1, 0.15) is 33.1 Å². The Labute approximate surface area is 115 Å². The Balaban J connectivity index is 2.10. The average Bonchev–Trinajstić information content (AvgIpc) is 2.68. The minimum atomic E-state index is 0.413. The fourth-order valence-corrected chi connectivity index (χ4v) is 3.40. The minimum absolute atomic E-state index is 0.413. The maximum Gasteiger partial charge on any atom is 0.0480 e. The molecule has 1 atom stereocenters. The summed E-state index contributed by atoms with van der Waals surface area (Å²) < 4.78 is 0. The Morgan fingerprint density at radius 1 is 1.44 bits per heavy atom. The molecule has 0 radical (unpaired) electrons. The molecule has 2 rings (SSSR count). The number of anilines is 1. The molecule has 1 N–H and O–H groups in total. The van der Waals surface area contributed by atoms with Crippen LogP contribution >= 0.6 is 11.8 Å². The monoisotopic (exact) mass is 261 g/mol. The molecule has 1 aromatic rings. The second kappa shape index (κ2) is 5.83. The molecule has 1 unspecified atom stereocenters. The van der Waals surface area contributed by atoms with E-state index in [1.807, 2.05) is 17.8 Å². The zero-order valence-corrected chi connectivity index (χ0v) is 12.2. The first-order valence-corrected chi connectivity index (χ1v) is 7.71. The molecule has 0 heterocycles. The van der Waals surface area contributed by atoms with E-state index in [1.54, 1.807) is 0 Å². The third kappa shape index (κ3) is 3.11. The smallest absolute Gasteiger partial charge is 0.0480 e. The van der Waals surface area contributed by atoms with E-state index in [4.69, 9.17) is 0 Å². The predicted molar refractivity (Wildman–Crippen MR) is 82.4 cm³/mol. The van der Waals surface area contributed by atoms with Crippen molar-refractivity contribution < 1.29 is 0 Å². The quantitative estimate of drug-likeness (QED) is 0.594. The minimum Gasteiger partial charge on any atom is -0.381 e. The largest absolute Gasteiger partial charge is 0.381 e. The molecule has 1 aromatic carbocycles. The summed E-state index contributed by atoms with van der Waals surface area (Å²) in [5, 5.41) is 3.75. The van der Waals surface area contributed by atoms with Gasteiger partial charge in [0.05, 0.1) is 0 Å². The van der Waals surface area contributed by atoms with Crippen LogP contribution in [-0.4, -0.2) is 11.8 Å². The van der Waals surface area contributed by atoms with Gasteiger partial charge in [0, 0.05) is 22.4 Å². The van der Waals surface area contributed by atoms with Crippen LogP contribution in [0.5, 0.6) is 0 Å². The van der Waals surface area contributed by atoms with Crippen molar-refractivity contribution in [2.24, 2.45) is 5.41 Å². The molecule has 2 heteroatoms. The molecule has 0 amide bonds. The Bertz CT molecular complexity index is 411. The molecule has 1 aliphatic carbocycles. The molecule has 18 heavy (non-hydrogen) atoms. The molecule has 0 spiro atoms. The van der Waals surface area contributed by atoms with Crippen LogP contribution < -0.4 is 5.32 Å². The lowest BCUT2D eigenvalue weighted by Gasteiger charge is -2.29. The van der Waals surface area contributed by atoms with Crippen molar-refractivity contribution in [1.29, 1.82) is 0 Å². The van der Waals surface area contributed by atoms with E-state index in [2.05, 4.69) is 50.0 Å². The lowest BCUT2D eigenvalue weighted by atomic mass is 9.87. The highest BCUT2D eigenvalue weighted by Gasteiger charge is 2.34. The molecule has 1 nitrogen and oxygen atoms in total. The number of hydrogen-bond acceptors (Lipinski definition) is 2. The standard InChI is InChI=1S/C16H23NS/c1-4-12-18-14-9-6-5-8-13(14)17-15-10-7-11-16(15,2)3/h4-6,8-9,15,17H,1,7,10-12H2,2-3H3. The van der Waals surface area contributed by atoms with E-state index >= 15 is 0 Å². The van der Waals surface area contributed by atoms with Gasteiger partial charge in [-0.05, 0) is 30.4 Å². The van der Waals surface area contributed by atoms with Crippen molar-refractivity contribution in [3.05, 3.63) is 36.9 Å². The van der Waals surface area contributed by atoms with Gasteiger partial charge >= 0.3 is 0 Å². The van der Waals surface area contributed by atoms with E-state index in [-0.39, 0.29) is 0 Å². The van der Waals surface area contributed by atoms with Crippen LogP contribution in [0.25, 0.3) is 0 Å². The summed E-state index contributed by atoms with van der Waals surface area (Å²) in [4.78, 5) is 1.33. The van der Waals surface area contributed by atoms with Crippen molar-refractivity contribution in [2.75, 3.05) is 11.1 Å². The third-order valence-corrected chi connectivity index (χ3v) is 4.90. The van der Waals surface area contributed by atoms with Gasteiger partial charge < -0.3 is 5.32 Å². The number of para-hydroxylation sites is 1. The Morgan fingerprint density at radius 2 is 2.22 bits per heavy atom. The van der Waals surface area contributed by atoms with Gasteiger partial charge in [-0.25, -0.2) is 0 Å². The zero-order valence-electron chi connectivity index (χ0n) is 11.4. The molecule has 1 saturated carbocycles. The summed E-state index contributed by atoms with van der Waals surface area (Å²) in [5.74, 6) is 0.965. The fraction of sp³-hybridized carbons (Fsp3) is 0.500. The summed E-state index contributed by atoms with van der Waals surface area (Å²) in [6, 6.07) is 9.21. The molecular weight excluding hydrogens is 238 g/mol.